The number of nitrogens with one attached hydrogen (secondary N) is 1. The molecule has 1 aromatic heterocycles. The first-order valence-corrected chi connectivity index (χ1v) is 5.87. The van der Waals surface area contributed by atoms with Crippen molar-refractivity contribution in [3.63, 3.8) is 0 Å². The van der Waals surface area contributed by atoms with Crippen LogP contribution in [0.2, 0.25) is 0 Å². The summed E-state index contributed by atoms with van der Waals surface area (Å²) >= 11 is 1.91. The molecule has 78 valence electrons. The maximum Gasteiger partial charge on any atom is 0.143 e. The molecule has 0 saturated heterocycles. The summed E-state index contributed by atoms with van der Waals surface area (Å²) < 4.78 is 0. The average molecular weight is 211 g/mol. The van der Waals surface area contributed by atoms with E-state index in [2.05, 4.69) is 30.3 Å². The molecule has 4 heteroatoms. The van der Waals surface area contributed by atoms with Gasteiger partial charge in [0.05, 0.1) is 0 Å². The Morgan fingerprint density at radius 1 is 1.57 bits per heavy atom. The number of pyridine rings is 1. The molecule has 0 aromatic carbocycles. The maximum absolute atomic E-state index is 5.36. The van der Waals surface area contributed by atoms with E-state index in [-0.39, 0.29) is 0 Å². The minimum atomic E-state index is 0.728. The third kappa shape index (κ3) is 3.55. The van der Waals surface area contributed by atoms with E-state index < -0.39 is 0 Å². The first-order valence-electron chi connectivity index (χ1n) is 4.72. The number of nitrogens with two attached hydrogens (primary N) is 1. The molecule has 0 atom stereocenters. The van der Waals surface area contributed by atoms with Gasteiger partial charge >= 0.3 is 0 Å². The highest BCUT2D eigenvalue weighted by Gasteiger charge is 2.02. The number of hydrogen-bond acceptors (Lipinski definition) is 4. The van der Waals surface area contributed by atoms with Gasteiger partial charge in [-0.2, -0.15) is 11.8 Å². The quantitative estimate of drug-likeness (QED) is 0.579. The zero-order valence-corrected chi connectivity index (χ0v) is 9.47. The summed E-state index contributed by atoms with van der Waals surface area (Å²) in [6.07, 6.45) is 1.74. The molecule has 0 aliphatic rings. The number of thioether (sulfide) groups is 1. The van der Waals surface area contributed by atoms with E-state index in [1.165, 1.54) is 11.3 Å². The van der Waals surface area contributed by atoms with Crippen molar-refractivity contribution in [1.29, 1.82) is 0 Å². The lowest BCUT2D eigenvalue weighted by molar-refractivity contribution is 0.750. The van der Waals surface area contributed by atoms with Crippen molar-refractivity contribution in [3.05, 3.63) is 23.9 Å². The van der Waals surface area contributed by atoms with E-state index in [9.17, 15) is 0 Å². The van der Waals surface area contributed by atoms with Crippen molar-refractivity contribution in [2.24, 2.45) is 11.8 Å². The second-order valence-corrected chi connectivity index (χ2v) is 4.59. The van der Waals surface area contributed by atoms with Gasteiger partial charge in [0.1, 0.15) is 5.82 Å². The van der Waals surface area contributed by atoms with Crippen LogP contribution in [0.15, 0.2) is 18.3 Å². The summed E-state index contributed by atoms with van der Waals surface area (Å²) in [6, 6.07) is 3.99. The SMILES string of the molecule is CC(C)CSCc1cccnc1NN. The van der Waals surface area contributed by atoms with Gasteiger partial charge in [-0.25, -0.2) is 10.8 Å². The summed E-state index contributed by atoms with van der Waals surface area (Å²) in [6.45, 7) is 4.44. The Hall–Kier alpha value is -0.740. The number of hydrogen-bond donors (Lipinski definition) is 2. The van der Waals surface area contributed by atoms with Gasteiger partial charge in [0.15, 0.2) is 0 Å². The Balaban J connectivity index is 2.49. The second kappa shape index (κ2) is 5.88. The maximum atomic E-state index is 5.36. The zero-order valence-electron chi connectivity index (χ0n) is 8.66. The van der Waals surface area contributed by atoms with Gasteiger partial charge in [-0.3, -0.25) is 0 Å². The van der Waals surface area contributed by atoms with Crippen LogP contribution in [0.4, 0.5) is 5.82 Å². The Labute approximate surface area is 89.5 Å². The van der Waals surface area contributed by atoms with Gasteiger partial charge in [0.2, 0.25) is 0 Å². The van der Waals surface area contributed by atoms with Crippen LogP contribution in [-0.4, -0.2) is 10.7 Å². The van der Waals surface area contributed by atoms with Gasteiger partial charge in [-0.05, 0) is 17.7 Å². The molecule has 0 fully saturated rings. The van der Waals surface area contributed by atoms with Crippen LogP contribution in [0, 0.1) is 5.92 Å². The van der Waals surface area contributed by atoms with Gasteiger partial charge in [0.25, 0.3) is 0 Å². The van der Waals surface area contributed by atoms with Crippen LogP contribution in [0.5, 0.6) is 0 Å². The van der Waals surface area contributed by atoms with Crippen LogP contribution in [0.3, 0.4) is 0 Å². The molecule has 3 N–H and O–H groups in total. The molecule has 1 aromatic rings. The van der Waals surface area contributed by atoms with Crippen LogP contribution < -0.4 is 11.3 Å². The first kappa shape index (κ1) is 11.3. The lowest BCUT2D eigenvalue weighted by Crippen LogP contribution is -2.10. The molecule has 1 heterocycles. The highest BCUT2D eigenvalue weighted by Crippen LogP contribution is 2.19. The lowest BCUT2D eigenvalue weighted by atomic mass is 10.3. The van der Waals surface area contributed by atoms with Crippen LogP contribution in [-0.2, 0) is 5.75 Å². The molecule has 14 heavy (non-hydrogen) atoms. The monoisotopic (exact) mass is 211 g/mol. The van der Waals surface area contributed by atoms with Gasteiger partial charge in [-0.1, -0.05) is 19.9 Å². The van der Waals surface area contributed by atoms with Gasteiger partial charge in [-0.15, -0.1) is 0 Å². The van der Waals surface area contributed by atoms with Crippen molar-refractivity contribution in [3.8, 4) is 0 Å². The predicted molar refractivity (Wildman–Crippen MR) is 63.0 cm³/mol. The van der Waals surface area contributed by atoms with Gasteiger partial charge < -0.3 is 5.43 Å². The van der Waals surface area contributed by atoms with Crippen LogP contribution in [0.1, 0.15) is 19.4 Å². The number of nitrogens with zero attached hydrogens (tertiary/aromatic N) is 1. The molecule has 0 radical (unpaired) electrons. The molecular formula is C10H17N3S. The summed E-state index contributed by atoms with van der Waals surface area (Å²) in [5.74, 6) is 9.00. The molecule has 0 aliphatic carbocycles. The standard InChI is InChI=1S/C10H17N3S/c1-8(2)6-14-7-9-4-3-5-12-10(9)13-11/h3-5,8H,6-7,11H2,1-2H3,(H,12,13). The Morgan fingerprint density at radius 3 is 3.00 bits per heavy atom. The first-order chi connectivity index (χ1) is 6.74. The van der Waals surface area contributed by atoms with Crippen LogP contribution >= 0.6 is 11.8 Å². The number of aromatic nitrogens is 1. The number of hydrazine groups is 1. The third-order valence-electron chi connectivity index (χ3n) is 1.74. The fraction of sp³-hybridized carbons (Fsp3) is 0.500. The van der Waals surface area contributed by atoms with Crippen molar-refractivity contribution in [1.82, 2.24) is 4.98 Å². The smallest absolute Gasteiger partial charge is 0.143 e. The molecule has 0 spiro atoms. The van der Waals surface area contributed by atoms with Crippen LogP contribution in [0.25, 0.3) is 0 Å². The van der Waals surface area contributed by atoms with Crippen molar-refractivity contribution >= 4 is 17.6 Å². The Kier molecular flexibility index (Phi) is 4.76. The molecule has 0 aliphatic heterocycles. The highest BCUT2D eigenvalue weighted by molar-refractivity contribution is 7.98. The molecule has 0 bridgehead atoms. The predicted octanol–water partition coefficient (Wildman–Crippen LogP) is 2.26. The van der Waals surface area contributed by atoms with Crippen molar-refractivity contribution in [2.75, 3.05) is 11.2 Å². The summed E-state index contributed by atoms with van der Waals surface area (Å²) in [4.78, 5) is 4.15. The molecule has 0 unspecified atom stereocenters. The fourth-order valence-corrected chi connectivity index (χ4v) is 2.13. The van der Waals surface area contributed by atoms with E-state index in [1.54, 1.807) is 6.20 Å². The van der Waals surface area contributed by atoms with E-state index in [1.807, 2.05) is 17.8 Å². The zero-order chi connectivity index (χ0) is 10.4. The van der Waals surface area contributed by atoms with E-state index in [4.69, 9.17) is 5.84 Å². The summed E-state index contributed by atoms with van der Waals surface area (Å²) in [7, 11) is 0. The third-order valence-corrected chi connectivity index (χ3v) is 3.15. The van der Waals surface area contributed by atoms with Gasteiger partial charge in [0, 0.05) is 17.5 Å². The van der Waals surface area contributed by atoms with Crippen molar-refractivity contribution in [2.45, 2.75) is 19.6 Å². The molecule has 0 amide bonds. The summed E-state index contributed by atoms with van der Waals surface area (Å²) in [5, 5.41) is 0. The lowest BCUT2D eigenvalue weighted by Gasteiger charge is -2.08. The summed E-state index contributed by atoms with van der Waals surface area (Å²) in [5.41, 5.74) is 3.78. The topological polar surface area (TPSA) is 50.9 Å². The minimum Gasteiger partial charge on any atom is -0.308 e. The second-order valence-electron chi connectivity index (χ2n) is 3.56. The Bertz CT molecular complexity index is 276. The fourth-order valence-electron chi connectivity index (χ4n) is 1.09. The minimum absolute atomic E-state index is 0.728. The molecule has 1 rings (SSSR count). The molecule has 3 nitrogen and oxygen atoms in total. The van der Waals surface area contributed by atoms with E-state index in [0.29, 0.717) is 0 Å². The number of nitrogen functional groups attached to an aromatic ring is 1. The molecule has 0 saturated carbocycles. The molecular weight excluding hydrogens is 194 g/mol. The highest BCUT2D eigenvalue weighted by atomic mass is 32.2. The van der Waals surface area contributed by atoms with Crippen molar-refractivity contribution < 1.29 is 0 Å². The van der Waals surface area contributed by atoms with E-state index >= 15 is 0 Å². The number of rotatable bonds is 5. The largest absolute Gasteiger partial charge is 0.308 e. The average Bonchev–Trinajstić information content (AvgIpc) is 2.18. The Morgan fingerprint density at radius 2 is 2.36 bits per heavy atom. The number of anilines is 1. The normalized spacial score (nSPS) is 10.6. The van der Waals surface area contributed by atoms with E-state index in [0.717, 1.165) is 17.5 Å².